The van der Waals surface area contributed by atoms with E-state index < -0.39 is 11.9 Å². The summed E-state index contributed by atoms with van der Waals surface area (Å²) in [5.41, 5.74) is 0.841. The summed E-state index contributed by atoms with van der Waals surface area (Å²) in [4.78, 5) is 24.3. The SMILES string of the molecule is O=C(O/C=C/OC(=O)c1ccc2ccccc2c1)c1ccc2ccccc2c1. The molecule has 28 heavy (non-hydrogen) atoms. The van der Waals surface area contributed by atoms with Gasteiger partial charge in [0.2, 0.25) is 0 Å². The van der Waals surface area contributed by atoms with Crippen molar-refractivity contribution in [1.29, 1.82) is 0 Å². The highest BCUT2D eigenvalue weighted by Crippen LogP contribution is 2.17. The van der Waals surface area contributed by atoms with Gasteiger partial charge in [-0.1, -0.05) is 60.7 Å². The number of carbonyl (C=O) groups excluding carboxylic acids is 2. The zero-order valence-corrected chi connectivity index (χ0v) is 14.9. The van der Waals surface area contributed by atoms with Crippen LogP contribution in [0.15, 0.2) is 97.5 Å². The van der Waals surface area contributed by atoms with Gasteiger partial charge in [-0.15, -0.1) is 0 Å². The average Bonchev–Trinajstić information content (AvgIpc) is 2.75. The Kier molecular flexibility index (Phi) is 4.85. The largest absolute Gasteiger partial charge is 0.428 e. The number of ether oxygens (including phenoxy) is 2. The van der Waals surface area contributed by atoms with Crippen LogP contribution in [-0.2, 0) is 9.47 Å². The average molecular weight is 368 g/mol. The van der Waals surface area contributed by atoms with Gasteiger partial charge in [-0.2, -0.15) is 0 Å². The molecule has 0 aliphatic heterocycles. The Labute approximate surface area is 161 Å². The van der Waals surface area contributed by atoms with Crippen LogP contribution in [0.3, 0.4) is 0 Å². The third-order valence-electron chi connectivity index (χ3n) is 4.38. The van der Waals surface area contributed by atoms with E-state index in [-0.39, 0.29) is 0 Å². The second-order valence-electron chi connectivity index (χ2n) is 6.21. The standard InChI is InChI=1S/C24H16O4/c25-23(21-11-9-17-5-1-3-7-19(17)15-21)27-13-14-28-24(26)22-12-10-18-6-2-4-8-20(18)16-22/h1-16H/b14-13+. The van der Waals surface area contributed by atoms with Gasteiger partial charge in [-0.3, -0.25) is 0 Å². The smallest absolute Gasteiger partial charge is 0.343 e. The van der Waals surface area contributed by atoms with E-state index >= 15 is 0 Å². The van der Waals surface area contributed by atoms with Gasteiger partial charge in [0.1, 0.15) is 12.5 Å². The van der Waals surface area contributed by atoms with Gasteiger partial charge in [0.05, 0.1) is 11.1 Å². The normalized spacial score (nSPS) is 11.0. The van der Waals surface area contributed by atoms with E-state index in [1.54, 1.807) is 24.3 Å². The molecule has 0 aliphatic rings. The summed E-state index contributed by atoms with van der Waals surface area (Å²) in [5.74, 6) is -1.05. The Bertz CT molecular complexity index is 1110. The third kappa shape index (κ3) is 3.76. The first-order valence-electron chi connectivity index (χ1n) is 8.75. The highest BCUT2D eigenvalue weighted by molar-refractivity contribution is 5.96. The number of carbonyl (C=O) groups is 2. The number of fused-ring (bicyclic) bond motifs is 2. The quantitative estimate of drug-likeness (QED) is 0.354. The fraction of sp³-hybridized carbons (Fsp3) is 0. The molecule has 0 bridgehead atoms. The molecule has 4 aromatic rings. The molecule has 0 fully saturated rings. The number of hydrogen-bond acceptors (Lipinski definition) is 4. The van der Waals surface area contributed by atoms with Crippen LogP contribution in [0.1, 0.15) is 20.7 Å². The summed E-state index contributed by atoms with van der Waals surface area (Å²) < 4.78 is 10.1. The highest BCUT2D eigenvalue weighted by atomic mass is 16.6. The van der Waals surface area contributed by atoms with Crippen molar-refractivity contribution in [3.63, 3.8) is 0 Å². The lowest BCUT2D eigenvalue weighted by Crippen LogP contribution is -2.02. The third-order valence-corrected chi connectivity index (χ3v) is 4.38. The van der Waals surface area contributed by atoms with E-state index in [4.69, 9.17) is 9.47 Å². The number of esters is 2. The Hall–Kier alpha value is -3.92. The molecule has 0 spiro atoms. The van der Waals surface area contributed by atoms with Crippen LogP contribution in [0.5, 0.6) is 0 Å². The minimum atomic E-state index is -0.524. The van der Waals surface area contributed by atoms with E-state index in [1.807, 2.05) is 60.7 Å². The molecule has 0 unspecified atom stereocenters. The first-order valence-corrected chi connectivity index (χ1v) is 8.75. The molecule has 0 amide bonds. The zero-order chi connectivity index (χ0) is 19.3. The Morgan fingerprint density at radius 1 is 0.536 bits per heavy atom. The summed E-state index contributed by atoms with van der Waals surface area (Å²) in [6.07, 6.45) is 2.13. The van der Waals surface area contributed by atoms with E-state index in [1.165, 1.54) is 0 Å². The maximum Gasteiger partial charge on any atom is 0.343 e. The van der Waals surface area contributed by atoms with Crippen LogP contribution in [0, 0.1) is 0 Å². The van der Waals surface area contributed by atoms with Crippen molar-refractivity contribution in [3.8, 4) is 0 Å². The zero-order valence-electron chi connectivity index (χ0n) is 14.9. The van der Waals surface area contributed by atoms with Crippen molar-refractivity contribution in [3.05, 3.63) is 109 Å². The summed E-state index contributed by atoms with van der Waals surface area (Å²) in [7, 11) is 0. The topological polar surface area (TPSA) is 52.6 Å². The van der Waals surface area contributed by atoms with Crippen LogP contribution >= 0.6 is 0 Å². The molecule has 0 aliphatic carbocycles. The second kappa shape index (κ2) is 7.76. The lowest BCUT2D eigenvalue weighted by Gasteiger charge is -2.03. The van der Waals surface area contributed by atoms with Crippen LogP contribution in [0.25, 0.3) is 21.5 Å². The lowest BCUT2D eigenvalue weighted by molar-refractivity contribution is 0.0599. The minimum absolute atomic E-state index is 0.421. The predicted molar refractivity (Wildman–Crippen MR) is 108 cm³/mol. The molecule has 0 atom stereocenters. The van der Waals surface area contributed by atoms with Crippen LogP contribution in [0.4, 0.5) is 0 Å². The fourth-order valence-corrected chi connectivity index (χ4v) is 2.95. The number of benzene rings is 4. The maximum atomic E-state index is 12.1. The molecule has 0 saturated carbocycles. The van der Waals surface area contributed by atoms with Crippen molar-refractivity contribution in [2.24, 2.45) is 0 Å². The summed E-state index contributed by atoms with van der Waals surface area (Å²) >= 11 is 0. The van der Waals surface area contributed by atoms with Gasteiger partial charge >= 0.3 is 11.9 Å². The van der Waals surface area contributed by atoms with Gasteiger partial charge < -0.3 is 9.47 Å². The molecule has 0 saturated heterocycles. The van der Waals surface area contributed by atoms with E-state index in [9.17, 15) is 9.59 Å². The molecule has 4 nitrogen and oxygen atoms in total. The minimum Gasteiger partial charge on any atom is -0.428 e. The van der Waals surface area contributed by atoms with E-state index in [0.29, 0.717) is 11.1 Å². The molecule has 0 radical (unpaired) electrons. The maximum absolute atomic E-state index is 12.1. The van der Waals surface area contributed by atoms with E-state index in [2.05, 4.69) is 0 Å². The van der Waals surface area contributed by atoms with Gasteiger partial charge in [0, 0.05) is 0 Å². The molecule has 0 N–H and O–H groups in total. The molecule has 4 aromatic carbocycles. The highest BCUT2D eigenvalue weighted by Gasteiger charge is 2.08. The van der Waals surface area contributed by atoms with Crippen LogP contribution < -0.4 is 0 Å². The molecule has 0 aromatic heterocycles. The van der Waals surface area contributed by atoms with Crippen molar-refractivity contribution in [2.45, 2.75) is 0 Å². The van der Waals surface area contributed by atoms with Crippen LogP contribution in [0.2, 0.25) is 0 Å². The summed E-state index contributed by atoms with van der Waals surface area (Å²) in [6, 6.07) is 26.1. The lowest BCUT2D eigenvalue weighted by atomic mass is 10.1. The second-order valence-corrected chi connectivity index (χ2v) is 6.21. The predicted octanol–water partition coefficient (Wildman–Crippen LogP) is 5.48. The van der Waals surface area contributed by atoms with Gasteiger partial charge in [0.25, 0.3) is 0 Å². The molecule has 136 valence electrons. The monoisotopic (exact) mass is 368 g/mol. The molecule has 4 heteroatoms. The molecule has 4 rings (SSSR count). The first-order chi connectivity index (χ1) is 13.7. The summed E-state index contributed by atoms with van der Waals surface area (Å²) in [5, 5.41) is 3.98. The Morgan fingerprint density at radius 2 is 0.929 bits per heavy atom. The van der Waals surface area contributed by atoms with Crippen molar-refractivity contribution >= 4 is 33.5 Å². The molecule has 0 heterocycles. The van der Waals surface area contributed by atoms with Crippen molar-refractivity contribution < 1.29 is 19.1 Å². The number of rotatable bonds is 4. The first kappa shape index (κ1) is 17.5. The number of hydrogen-bond donors (Lipinski definition) is 0. The van der Waals surface area contributed by atoms with Gasteiger partial charge in [-0.25, -0.2) is 9.59 Å². The van der Waals surface area contributed by atoms with Crippen molar-refractivity contribution in [2.75, 3.05) is 0 Å². The van der Waals surface area contributed by atoms with E-state index in [0.717, 1.165) is 34.1 Å². The van der Waals surface area contributed by atoms with Crippen molar-refractivity contribution in [1.82, 2.24) is 0 Å². The fourth-order valence-electron chi connectivity index (χ4n) is 2.95. The van der Waals surface area contributed by atoms with Gasteiger partial charge in [0.15, 0.2) is 0 Å². The van der Waals surface area contributed by atoms with Gasteiger partial charge in [-0.05, 0) is 45.8 Å². The summed E-state index contributed by atoms with van der Waals surface area (Å²) in [6.45, 7) is 0. The Morgan fingerprint density at radius 3 is 1.36 bits per heavy atom. The molecular formula is C24H16O4. The van der Waals surface area contributed by atoms with Crippen LogP contribution in [-0.4, -0.2) is 11.9 Å². The molecular weight excluding hydrogens is 352 g/mol. The Balaban J connectivity index is 1.38.